The van der Waals surface area contributed by atoms with Crippen LogP contribution < -0.4 is 5.32 Å². The van der Waals surface area contributed by atoms with Gasteiger partial charge in [0.05, 0.1) is 6.42 Å². The van der Waals surface area contributed by atoms with Crippen molar-refractivity contribution in [1.29, 1.82) is 0 Å². The second kappa shape index (κ2) is 7.33. The summed E-state index contributed by atoms with van der Waals surface area (Å²) in [6, 6.07) is 3.68. The van der Waals surface area contributed by atoms with Crippen LogP contribution in [0.25, 0.3) is 0 Å². The molecule has 0 radical (unpaired) electrons. The van der Waals surface area contributed by atoms with Crippen molar-refractivity contribution < 1.29 is 13.2 Å². The van der Waals surface area contributed by atoms with E-state index in [4.69, 9.17) is 0 Å². The van der Waals surface area contributed by atoms with Crippen molar-refractivity contribution in [1.82, 2.24) is 9.88 Å². The maximum Gasteiger partial charge on any atom is 0.390 e. The van der Waals surface area contributed by atoms with Gasteiger partial charge in [0.1, 0.15) is 5.82 Å². The Morgan fingerprint density at radius 3 is 2.74 bits per heavy atom. The lowest BCUT2D eigenvalue weighted by atomic mass is 10.2. The van der Waals surface area contributed by atoms with Crippen LogP contribution in [0.15, 0.2) is 18.3 Å². The largest absolute Gasteiger partial charge is 0.390 e. The Kier molecular flexibility index (Phi) is 6.08. The van der Waals surface area contributed by atoms with Crippen molar-refractivity contribution >= 4 is 5.82 Å². The molecule has 0 fully saturated rings. The normalized spacial score (nSPS) is 11.9. The van der Waals surface area contributed by atoms with Gasteiger partial charge in [-0.25, -0.2) is 4.98 Å². The molecular formula is C13H20F3N3. The molecule has 1 rings (SSSR count). The standard InChI is InChI=1S/C13H20F3N3/c1-3-7-17-12-11(5-4-8-18-12)10-19(2)9-6-13(14,15)16/h4-5,8H,3,6-7,9-10H2,1-2H3,(H,17,18). The maximum atomic E-state index is 12.1. The van der Waals surface area contributed by atoms with Crippen LogP contribution in [0.4, 0.5) is 19.0 Å². The van der Waals surface area contributed by atoms with Gasteiger partial charge in [-0.2, -0.15) is 13.2 Å². The van der Waals surface area contributed by atoms with E-state index in [1.807, 2.05) is 13.0 Å². The van der Waals surface area contributed by atoms with Gasteiger partial charge in [0.15, 0.2) is 0 Å². The summed E-state index contributed by atoms with van der Waals surface area (Å²) < 4.78 is 36.4. The molecule has 0 atom stereocenters. The second-order valence-corrected chi connectivity index (χ2v) is 4.54. The van der Waals surface area contributed by atoms with E-state index < -0.39 is 12.6 Å². The topological polar surface area (TPSA) is 28.2 Å². The highest BCUT2D eigenvalue weighted by atomic mass is 19.4. The van der Waals surface area contributed by atoms with E-state index in [2.05, 4.69) is 10.3 Å². The first-order valence-corrected chi connectivity index (χ1v) is 6.35. The Labute approximate surface area is 111 Å². The molecule has 1 heterocycles. The number of anilines is 1. The minimum atomic E-state index is -4.10. The fourth-order valence-electron chi connectivity index (χ4n) is 1.66. The van der Waals surface area contributed by atoms with Gasteiger partial charge >= 0.3 is 6.18 Å². The Balaban J connectivity index is 2.55. The molecule has 0 aromatic carbocycles. The lowest BCUT2D eigenvalue weighted by Crippen LogP contribution is -2.24. The quantitative estimate of drug-likeness (QED) is 0.827. The minimum Gasteiger partial charge on any atom is -0.370 e. The third kappa shape index (κ3) is 6.42. The first kappa shape index (κ1) is 15.8. The number of nitrogens with one attached hydrogen (secondary N) is 1. The molecule has 0 aliphatic heterocycles. The van der Waals surface area contributed by atoms with E-state index in [1.165, 1.54) is 0 Å². The number of halogens is 3. The zero-order valence-corrected chi connectivity index (χ0v) is 11.3. The average molecular weight is 275 g/mol. The summed E-state index contributed by atoms with van der Waals surface area (Å²) in [6.07, 6.45) is -2.24. The third-order valence-corrected chi connectivity index (χ3v) is 2.65. The van der Waals surface area contributed by atoms with Crippen LogP contribution in [0.5, 0.6) is 0 Å². The first-order valence-electron chi connectivity index (χ1n) is 6.35. The summed E-state index contributed by atoms with van der Waals surface area (Å²) in [6.45, 7) is 3.29. The maximum absolute atomic E-state index is 12.1. The van der Waals surface area contributed by atoms with Crippen LogP contribution in [-0.2, 0) is 6.54 Å². The van der Waals surface area contributed by atoms with Gasteiger partial charge in [-0.05, 0) is 19.5 Å². The van der Waals surface area contributed by atoms with Crippen molar-refractivity contribution in [2.24, 2.45) is 0 Å². The van der Waals surface area contributed by atoms with Crippen LogP contribution in [0, 0.1) is 0 Å². The molecule has 1 aromatic heterocycles. The number of hydrogen-bond donors (Lipinski definition) is 1. The Bertz CT molecular complexity index is 380. The van der Waals surface area contributed by atoms with Crippen LogP contribution in [0.1, 0.15) is 25.3 Å². The minimum absolute atomic E-state index is 0.00832. The Morgan fingerprint density at radius 1 is 1.37 bits per heavy atom. The van der Waals surface area contributed by atoms with Gasteiger partial charge in [-0.15, -0.1) is 0 Å². The number of aromatic nitrogens is 1. The van der Waals surface area contributed by atoms with E-state index in [9.17, 15) is 13.2 Å². The van der Waals surface area contributed by atoms with Crippen LogP contribution in [0.2, 0.25) is 0 Å². The molecule has 0 aliphatic rings. The second-order valence-electron chi connectivity index (χ2n) is 4.54. The van der Waals surface area contributed by atoms with Gasteiger partial charge in [-0.1, -0.05) is 13.0 Å². The molecule has 0 unspecified atom stereocenters. The summed E-state index contributed by atoms with van der Waals surface area (Å²) in [5.74, 6) is 0.753. The fraction of sp³-hybridized carbons (Fsp3) is 0.615. The van der Waals surface area contributed by atoms with Gasteiger partial charge in [0.25, 0.3) is 0 Å². The highest BCUT2D eigenvalue weighted by molar-refractivity contribution is 5.43. The summed E-state index contributed by atoms with van der Waals surface area (Å²) >= 11 is 0. The van der Waals surface area contributed by atoms with Crippen LogP contribution in [-0.4, -0.2) is 36.2 Å². The molecule has 1 aromatic rings. The number of alkyl halides is 3. The molecule has 0 bridgehead atoms. The van der Waals surface area contributed by atoms with Gasteiger partial charge in [-0.3, -0.25) is 0 Å². The lowest BCUT2D eigenvalue weighted by molar-refractivity contribution is -0.137. The summed E-state index contributed by atoms with van der Waals surface area (Å²) in [7, 11) is 1.68. The fourth-order valence-corrected chi connectivity index (χ4v) is 1.66. The molecule has 108 valence electrons. The summed E-state index contributed by atoms with van der Waals surface area (Å²) in [5.41, 5.74) is 0.917. The molecule has 3 nitrogen and oxygen atoms in total. The van der Waals surface area contributed by atoms with Crippen molar-refractivity contribution in [2.45, 2.75) is 32.5 Å². The predicted molar refractivity (Wildman–Crippen MR) is 70.0 cm³/mol. The molecule has 0 aliphatic carbocycles. The van der Waals surface area contributed by atoms with Crippen LogP contribution >= 0.6 is 0 Å². The van der Waals surface area contributed by atoms with Crippen molar-refractivity contribution in [3.8, 4) is 0 Å². The van der Waals surface area contributed by atoms with E-state index in [-0.39, 0.29) is 6.54 Å². The zero-order valence-electron chi connectivity index (χ0n) is 11.3. The monoisotopic (exact) mass is 275 g/mol. The molecule has 19 heavy (non-hydrogen) atoms. The molecule has 6 heteroatoms. The van der Waals surface area contributed by atoms with E-state index in [1.54, 1.807) is 24.2 Å². The van der Waals surface area contributed by atoms with E-state index in [0.717, 1.165) is 24.3 Å². The highest BCUT2D eigenvalue weighted by Gasteiger charge is 2.27. The van der Waals surface area contributed by atoms with Crippen LogP contribution in [0.3, 0.4) is 0 Å². The predicted octanol–water partition coefficient (Wildman–Crippen LogP) is 3.29. The Hall–Kier alpha value is -1.30. The summed E-state index contributed by atoms with van der Waals surface area (Å²) in [5, 5.41) is 3.18. The Morgan fingerprint density at radius 2 is 2.11 bits per heavy atom. The molecule has 0 saturated heterocycles. The first-order chi connectivity index (χ1) is 8.92. The number of rotatable bonds is 7. The van der Waals surface area contributed by atoms with Crippen molar-refractivity contribution in [3.63, 3.8) is 0 Å². The molecule has 0 spiro atoms. The number of pyridine rings is 1. The smallest absolute Gasteiger partial charge is 0.370 e. The van der Waals surface area contributed by atoms with Crippen molar-refractivity contribution in [3.05, 3.63) is 23.9 Å². The third-order valence-electron chi connectivity index (χ3n) is 2.65. The van der Waals surface area contributed by atoms with Crippen molar-refractivity contribution in [2.75, 3.05) is 25.5 Å². The molecule has 0 saturated carbocycles. The molecule has 1 N–H and O–H groups in total. The lowest BCUT2D eigenvalue weighted by Gasteiger charge is -2.19. The highest BCUT2D eigenvalue weighted by Crippen LogP contribution is 2.20. The summed E-state index contributed by atoms with van der Waals surface area (Å²) in [4.78, 5) is 5.87. The van der Waals surface area contributed by atoms with Gasteiger partial charge in [0, 0.05) is 31.4 Å². The van der Waals surface area contributed by atoms with E-state index >= 15 is 0 Å². The van der Waals surface area contributed by atoms with Gasteiger partial charge < -0.3 is 10.2 Å². The number of nitrogens with zero attached hydrogens (tertiary/aromatic N) is 2. The average Bonchev–Trinajstić information content (AvgIpc) is 2.34. The van der Waals surface area contributed by atoms with Gasteiger partial charge in [0.2, 0.25) is 0 Å². The van der Waals surface area contributed by atoms with E-state index in [0.29, 0.717) is 6.54 Å². The zero-order chi connectivity index (χ0) is 14.3. The molecule has 0 amide bonds. The SMILES string of the molecule is CCCNc1ncccc1CN(C)CCC(F)(F)F. The molecular weight excluding hydrogens is 255 g/mol. The number of hydrogen-bond acceptors (Lipinski definition) is 3.